The molecule has 0 bridgehead atoms. The normalized spacial score (nSPS) is 10.2. The third-order valence-corrected chi connectivity index (χ3v) is 3.63. The van der Waals surface area contributed by atoms with Gasteiger partial charge in [0.25, 0.3) is 0 Å². The van der Waals surface area contributed by atoms with Crippen molar-refractivity contribution < 1.29 is 4.74 Å². The summed E-state index contributed by atoms with van der Waals surface area (Å²) in [6.45, 7) is 1.22. The zero-order valence-electron chi connectivity index (χ0n) is 14.4. The number of ether oxygens (including phenoxy) is 1. The number of rotatable bonds is 7. The van der Waals surface area contributed by atoms with Crippen molar-refractivity contribution in [3.63, 3.8) is 0 Å². The summed E-state index contributed by atoms with van der Waals surface area (Å²) in [5, 5.41) is 15.5. The van der Waals surface area contributed by atoms with E-state index in [-0.39, 0.29) is 0 Å². The van der Waals surface area contributed by atoms with E-state index in [0.29, 0.717) is 36.2 Å². The molecule has 6 nitrogen and oxygen atoms in total. The van der Waals surface area contributed by atoms with E-state index in [9.17, 15) is 0 Å². The average molecular weight is 345 g/mol. The maximum atomic E-state index is 9.06. The molecule has 0 saturated carbocycles. The molecule has 1 aromatic heterocycles. The van der Waals surface area contributed by atoms with Gasteiger partial charge in [0.1, 0.15) is 11.6 Å². The van der Waals surface area contributed by atoms with Crippen LogP contribution in [-0.4, -0.2) is 30.2 Å². The van der Waals surface area contributed by atoms with E-state index in [1.165, 1.54) is 0 Å². The van der Waals surface area contributed by atoms with Gasteiger partial charge in [0, 0.05) is 31.0 Å². The summed E-state index contributed by atoms with van der Waals surface area (Å²) >= 11 is 0. The van der Waals surface area contributed by atoms with Crippen molar-refractivity contribution in [1.82, 2.24) is 9.97 Å². The predicted octanol–water partition coefficient (Wildman–Crippen LogP) is 3.82. The molecule has 2 aromatic carbocycles. The van der Waals surface area contributed by atoms with Gasteiger partial charge in [0.2, 0.25) is 0 Å². The molecule has 3 rings (SSSR count). The first-order valence-corrected chi connectivity index (χ1v) is 8.23. The minimum Gasteiger partial charge on any atom is -0.383 e. The summed E-state index contributed by atoms with van der Waals surface area (Å²) in [6.07, 6.45) is 0. The third kappa shape index (κ3) is 4.56. The van der Waals surface area contributed by atoms with Crippen LogP contribution < -0.4 is 10.6 Å². The van der Waals surface area contributed by atoms with Crippen LogP contribution in [0.4, 0.5) is 17.3 Å². The first-order chi connectivity index (χ1) is 12.8. The summed E-state index contributed by atoms with van der Waals surface area (Å²) in [6, 6.07) is 21.0. The van der Waals surface area contributed by atoms with Gasteiger partial charge in [-0.25, -0.2) is 9.97 Å². The molecular formula is C20H19N5O. The molecular weight excluding hydrogens is 326 g/mol. The Morgan fingerprint density at radius 2 is 1.81 bits per heavy atom. The Morgan fingerprint density at radius 3 is 2.58 bits per heavy atom. The van der Waals surface area contributed by atoms with Crippen molar-refractivity contribution >= 4 is 17.3 Å². The largest absolute Gasteiger partial charge is 0.383 e. The number of nitriles is 1. The third-order valence-electron chi connectivity index (χ3n) is 3.63. The Balaban J connectivity index is 1.92. The van der Waals surface area contributed by atoms with Crippen molar-refractivity contribution in [1.29, 1.82) is 5.26 Å². The van der Waals surface area contributed by atoms with Crippen LogP contribution in [0.25, 0.3) is 11.4 Å². The molecule has 0 amide bonds. The van der Waals surface area contributed by atoms with Crippen LogP contribution in [-0.2, 0) is 4.74 Å². The number of aromatic nitrogens is 2. The second kappa shape index (κ2) is 8.60. The number of methoxy groups -OCH3 is 1. The number of benzene rings is 2. The van der Waals surface area contributed by atoms with Crippen LogP contribution in [0.1, 0.15) is 5.56 Å². The molecule has 0 saturated heterocycles. The summed E-state index contributed by atoms with van der Waals surface area (Å²) in [7, 11) is 1.66. The van der Waals surface area contributed by atoms with E-state index in [1.807, 2.05) is 48.5 Å². The van der Waals surface area contributed by atoms with E-state index in [1.54, 1.807) is 19.2 Å². The molecule has 6 heteroatoms. The number of nitrogens with one attached hydrogen (secondary N) is 2. The highest BCUT2D eigenvalue weighted by atomic mass is 16.5. The Morgan fingerprint density at radius 1 is 1.00 bits per heavy atom. The SMILES string of the molecule is COCCNc1cc(Nc2cccc(C#N)c2)nc(-c2ccccc2)n1. The molecule has 0 aliphatic rings. The number of nitrogens with zero attached hydrogens (tertiary/aromatic N) is 3. The van der Waals surface area contributed by atoms with Gasteiger partial charge in [-0.3, -0.25) is 0 Å². The zero-order chi connectivity index (χ0) is 18.2. The highest BCUT2D eigenvalue weighted by molar-refractivity contribution is 5.65. The fourth-order valence-electron chi connectivity index (χ4n) is 2.41. The van der Waals surface area contributed by atoms with E-state index in [4.69, 9.17) is 10.00 Å². The van der Waals surface area contributed by atoms with Crippen molar-refractivity contribution in [2.45, 2.75) is 0 Å². The summed E-state index contributed by atoms with van der Waals surface area (Å²) in [4.78, 5) is 9.19. The Bertz CT molecular complexity index is 906. The van der Waals surface area contributed by atoms with Gasteiger partial charge in [-0.2, -0.15) is 5.26 Å². The van der Waals surface area contributed by atoms with Gasteiger partial charge in [0.15, 0.2) is 5.82 Å². The van der Waals surface area contributed by atoms with E-state index in [2.05, 4.69) is 26.7 Å². The Kier molecular flexibility index (Phi) is 5.76. The summed E-state index contributed by atoms with van der Waals surface area (Å²) in [5.74, 6) is 1.97. The molecule has 130 valence electrons. The van der Waals surface area contributed by atoms with Crippen molar-refractivity contribution in [2.75, 3.05) is 30.9 Å². The highest BCUT2D eigenvalue weighted by Crippen LogP contribution is 2.23. The van der Waals surface area contributed by atoms with Crippen LogP contribution in [0.5, 0.6) is 0 Å². The first-order valence-electron chi connectivity index (χ1n) is 8.23. The Labute approximate surface area is 152 Å². The second-order valence-electron chi connectivity index (χ2n) is 5.57. The predicted molar refractivity (Wildman–Crippen MR) is 102 cm³/mol. The topological polar surface area (TPSA) is 82.9 Å². The molecule has 0 aliphatic carbocycles. The van der Waals surface area contributed by atoms with E-state index in [0.717, 1.165) is 11.3 Å². The average Bonchev–Trinajstić information content (AvgIpc) is 2.69. The minimum absolute atomic E-state index is 0.581. The fourth-order valence-corrected chi connectivity index (χ4v) is 2.41. The maximum absolute atomic E-state index is 9.06. The molecule has 2 N–H and O–H groups in total. The second-order valence-corrected chi connectivity index (χ2v) is 5.57. The highest BCUT2D eigenvalue weighted by Gasteiger charge is 2.07. The summed E-state index contributed by atoms with van der Waals surface area (Å²) < 4.78 is 5.08. The number of hydrogen-bond acceptors (Lipinski definition) is 6. The van der Waals surface area contributed by atoms with E-state index >= 15 is 0 Å². The quantitative estimate of drug-likeness (QED) is 0.634. The molecule has 1 heterocycles. The van der Waals surface area contributed by atoms with Gasteiger partial charge in [0.05, 0.1) is 18.2 Å². The van der Waals surface area contributed by atoms with Gasteiger partial charge >= 0.3 is 0 Å². The number of anilines is 3. The fraction of sp³-hybridized carbons (Fsp3) is 0.150. The first kappa shape index (κ1) is 17.4. The lowest BCUT2D eigenvalue weighted by molar-refractivity contribution is 0.210. The molecule has 0 atom stereocenters. The van der Waals surface area contributed by atoms with Crippen LogP contribution in [0.3, 0.4) is 0 Å². The minimum atomic E-state index is 0.581. The lowest BCUT2D eigenvalue weighted by atomic mass is 10.2. The van der Waals surface area contributed by atoms with Gasteiger partial charge in [-0.15, -0.1) is 0 Å². The maximum Gasteiger partial charge on any atom is 0.163 e. The molecule has 0 radical (unpaired) electrons. The molecule has 0 spiro atoms. The van der Waals surface area contributed by atoms with Gasteiger partial charge in [-0.1, -0.05) is 36.4 Å². The van der Waals surface area contributed by atoms with Crippen molar-refractivity contribution in [3.05, 3.63) is 66.2 Å². The lowest BCUT2D eigenvalue weighted by Crippen LogP contribution is -2.10. The van der Waals surface area contributed by atoms with Gasteiger partial charge in [-0.05, 0) is 18.2 Å². The summed E-state index contributed by atoms with van der Waals surface area (Å²) in [5.41, 5.74) is 2.31. The van der Waals surface area contributed by atoms with Crippen LogP contribution in [0, 0.1) is 11.3 Å². The lowest BCUT2D eigenvalue weighted by Gasteiger charge is -2.12. The van der Waals surface area contributed by atoms with Crippen molar-refractivity contribution in [2.24, 2.45) is 0 Å². The van der Waals surface area contributed by atoms with Crippen LogP contribution >= 0.6 is 0 Å². The molecule has 3 aromatic rings. The molecule has 0 unspecified atom stereocenters. The smallest absolute Gasteiger partial charge is 0.163 e. The monoisotopic (exact) mass is 345 g/mol. The van der Waals surface area contributed by atoms with Gasteiger partial charge < -0.3 is 15.4 Å². The zero-order valence-corrected chi connectivity index (χ0v) is 14.4. The van der Waals surface area contributed by atoms with Crippen LogP contribution in [0.15, 0.2) is 60.7 Å². The number of hydrogen-bond donors (Lipinski definition) is 2. The molecule has 26 heavy (non-hydrogen) atoms. The Hall–Kier alpha value is -3.43. The van der Waals surface area contributed by atoms with E-state index < -0.39 is 0 Å². The molecule has 0 aliphatic heterocycles. The molecule has 0 fully saturated rings. The standard InChI is InChI=1S/C20H19N5O/c1-26-11-10-22-18-13-19(23-17-9-5-6-15(12-17)14-21)25-20(24-18)16-7-3-2-4-8-16/h2-9,12-13H,10-11H2,1H3,(H2,22,23,24,25). The van der Waals surface area contributed by atoms with Crippen molar-refractivity contribution in [3.8, 4) is 17.5 Å². The van der Waals surface area contributed by atoms with Crippen LogP contribution in [0.2, 0.25) is 0 Å².